The molecule has 4 aromatic rings. The molecule has 2 aromatic heterocycles. The van der Waals surface area contributed by atoms with Gasteiger partial charge in [0.25, 0.3) is 5.91 Å². The quantitative estimate of drug-likeness (QED) is 0.292. The molecule has 0 spiro atoms. The smallest absolute Gasteiger partial charge is 0.322 e. The van der Waals surface area contributed by atoms with E-state index in [9.17, 15) is 18.0 Å². The summed E-state index contributed by atoms with van der Waals surface area (Å²) in [5.74, 6) is -0.515. The molecule has 0 aliphatic heterocycles. The van der Waals surface area contributed by atoms with Gasteiger partial charge in [-0.05, 0) is 80.0 Å². The summed E-state index contributed by atoms with van der Waals surface area (Å²) in [7, 11) is 1.84. The number of hydrogen-bond donors (Lipinski definition) is 1. The summed E-state index contributed by atoms with van der Waals surface area (Å²) in [6.07, 6.45) is 0.123. The van der Waals surface area contributed by atoms with Crippen molar-refractivity contribution in [3.8, 4) is 16.9 Å². The van der Waals surface area contributed by atoms with E-state index in [0.29, 0.717) is 29.8 Å². The van der Waals surface area contributed by atoms with Crippen LogP contribution in [0, 0.1) is 26.2 Å². The van der Waals surface area contributed by atoms with Crippen LogP contribution in [0.3, 0.4) is 0 Å². The maximum absolute atomic E-state index is 13.8. The molecule has 0 aliphatic carbocycles. The molecule has 2 aromatic carbocycles. The highest BCUT2D eigenvalue weighted by Gasteiger charge is 2.34. The number of carbonyl (C=O) groups excluding carboxylic acids is 1. The lowest BCUT2D eigenvalue weighted by atomic mass is 9.86. The predicted molar refractivity (Wildman–Crippen MR) is 145 cm³/mol. The van der Waals surface area contributed by atoms with Gasteiger partial charge in [0.15, 0.2) is 0 Å². The van der Waals surface area contributed by atoms with Crippen molar-refractivity contribution in [1.29, 1.82) is 0 Å². The first kappa shape index (κ1) is 28.1. The molecule has 0 aliphatic rings. The molecule has 0 unspecified atom stereocenters. The van der Waals surface area contributed by atoms with Gasteiger partial charge in [-0.2, -0.15) is 18.3 Å². The highest BCUT2D eigenvalue weighted by Crippen LogP contribution is 2.36. The Balaban J connectivity index is 1.64. The average molecular weight is 539 g/mol. The van der Waals surface area contributed by atoms with E-state index >= 15 is 0 Å². The third kappa shape index (κ3) is 6.21. The van der Waals surface area contributed by atoms with Crippen LogP contribution in [0.4, 0.5) is 18.9 Å². The highest BCUT2D eigenvalue weighted by atomic mass is 19.4. The van der Waals surface area contributed by atoms with Crippen molar-refractivity contribution >= 4 is 11.6 Å². The molecule has 0 saturated carbocycles. The number of rotatable bonds is 6. The SMILES string of the molecule is Cc1ccc(C(=O)Nc2cc(CCC(C)(C)C)c(C)c(C(F)(F)F)c2)cc1-n1cc(-c2cnn(C)c2C)nn1. The van der Waals surface area contributed by atoms with E-state index < -0.39 is 17.6 Å². The van der Waals surface area contributed by atoms with Crippen LogP contribution in [0.25, 0.3) is 16.9 Å². The Kier molecular flexibility index (Phi) is 7.42. The van der Waals surface area contributed by atoms with Crippen molar-refractivity contribution in [2.75, 3.05) is 5.32 Å². The fourth-order valence-corrected chi connectivity index (χ4v) is 4.37. The van der Waals surface area contributed by atoms with Crippen LogP contribution in [0.15, 0.2) is 42.7 Å². The van der Waals surface area contributed by atoms with Crippen molar-refractivity contribution in [2.45, 2.75) is 60.6 Å². The Bertz CT molecular complexity index is 1520. The van der Waals surface area contributed by atoms with Gasteiger partial charge < -0.3 is 5.32 Å². The zero-order valence-corrected chi connectivity index (χ0v) is 23.2. The second-order valence-corrected chi connectivity index (χ2v) is 11.1. The Morgan fingerprint density at radius 3 is 2.38 bits per heavy atom. The minimum atomic E-state index is -4.53. The minimum Gasteiger partial charge on any atom is -0.322 e. The molecular formula is C29H33F3N6O. The zero-order chi connectivity index (χ0) is 28.7. The molecule has 206 valence electrons. The number of anilines is 1. The standard InChI is InChI=1S/C29H33F3N6O/c1-17-8-9-21(13-26(17)38-16-25(35-36-38)23-15-33-37(7)19(23)3)27(39)34-22-12-20(10-11-28(4,5)6)18(2)24(14-22)29(30,31)32/h8-9,12-16H,10-11H2,1-7H3,(H,34,39). The Morgan fingerprint density at radius 2 is 1.77 bits per heavy atom. The van der Waals surface area contributed by atoms with E-state index in [4.69, 9.17) is 0 Å². The number of alkyl halides is 3. The molecule has 7 nitrogen and oxygen atoms in total. The first-order valence-electron chi connectivity index (χ1n) is 12.7. The van der Waals surface area contributed by atoms with Crippen LogP contribution in [0.1, 0.15) is 65.5 Å². The highest BCUT2D eigenvalue weighted by molar-refractivity contribution is 6.04. The number of aromatic nitrogens is 5. The molecule has 2 heterocycles. The zero-order valence-electron chi connectivity index (χ0n) is 23.2. The second-order valence-electron chi connectivity index (χ2n) is 11.1. The summed E-state index contributed by atoms with van der Waals surface area (Å²) < 4.78 is 44.9. The van der Waals surface area contributed by atoms with Crippen LogP contribution in [-0.4, -0.2) is 30.7 Å². The summed E-state index contributed by atoms with van der Waals surface area (Å²) in [5.41, 5.74) is 4.27. The molecule has 0 atom stereocenters. The van der Waals surface area contributed by atoms with E-state index in [1.54, 1.807) is 46.0 Å². The van der Waals surface area contributed by atoms with Crippen LogP contribution in [0.2, 0.25) is 0 Å². The molecule has 0 fully saturated rings. The van der Waals surface area contributed by atoms with Gasteiger partial charge in [-0.25, -0.2) is 4.68 Å². The lowest BCUT2D eigenvalue weighted by Crippen LogP contribution is -2.16. The lowest BCUT2D eigenvalue weighted by molar-refractivity contribution is -0.138. The molecule has 39 heavy (non-hydrogen) atoms. The number of benzene rings is 2. The molecule has 4 rings (SSSR count). The van der Waals surface area contributed by atoms with Crippen LogP contribution < -0.4 is 5.32 Å². The largest absolute Gasteiger partial charge is 0.416 e. The first-order chi connectivity index (χ1) is 18.1. The van der Waals surface area contributed by atoms with Crippen molar-refractivity contribution in [3.05, 3.63) is 76.2 Å². The number of carbonyl (C=O) groups is 1. The van der Waals surface area contributed by atoms with Gasteiger partial charge in [0.05, 0.1) is 23.6 Å². The van der Waals surface area contributed by atoms with Crippen LogP contribution in [-0.2, 0) is 19.6 Å². The third-order valence-electron chi connectivity index (χ3n) is 6.95. The average Bonchev–Trinajstić information content (AvgIpc) is 3.45. The molecule has 0 bridgehead atoms. The molecule has 0 radical (unpaired) electrons. The van der Waals surface area contributed by atoms with Gasteiger partial charge in [0.2, 0.25) is 0 Å². The fraction of sp³-hybridized carbons (Fsp3) is 0.379. The monoisotopic (exact) mass is 538 g/mol. The summed E-state index contributed by atoms with van der Waals surface area (Å²) in [6, 6.07) is 7.70. The molecule has 0 saturated heterocycles. The Hall–Kier alpha value is -3.95. The van der Waals surface area contributed by atoms with Gasteiger partial charge in [-0.3, -0.25) is 9.48 Å². The normalized spacial score (nSPS) is 12.2. The summed E-state index contributed by atoms with van der Waals surface area (Å²) >= 11 is 0. The van der Waals surface area contributed by atoms with Crippen molar-refractivity contribution < 1.29 is 18.0 Å². The van der Waals surface area contributed by atoms with Gasteiger partial charge in [0, 0.05) is 29.6 Å². The van der Waals surface area contributed by atoms with Crippen molar-refractivity contribution in [2.24, 2.45) is 12.5 Å². The van der Waals surface area contributed by atoms with Gasteiger partial charge in [-0.1, -0.05) is 32.1 Å². The molecule has 10 heteroatoms. The van der Waals surface area contributed by atoms with Gasteiger partial charge in [-0.15, -0.1) is 5.10 Å². The molecular weight excluding hydrogens is 505 g/mol. The van der Waals surface area contributed by atoms with E-state index in [-0.39, 0.29) is 22.2 Å². The van der Waals surface area contributed by atoms with E-state index in [2.05, 4.69) is 20.7 Å². The van der Waals surface area contributed by atoms with Gasteiger partial charge in [0.1, 0.15) is 5.69 Å². The molecule has 1 N–H and O–H groups in total. The lowest BCUT2D eigenvalue weighted by Gasteiger charge is -2.21. The number of amides is 1. The number of halogens is 3. The number of aryl methyl sites for hydroxylation is 3. The van der Waals surface area contributed by atoms with Gasteiger partial charge >= 0.3 is 6.18 Å². The topological polar surface area (TPSA) is 77.6 Å². The third-order valence-corrected chi connectivity index (χ3v) is 6.95. The molecule has 1 amide bonds. The first-order valence-corrected chi connectivity index (χ1v) is 12.7. The van der Waals surface area contributed by atoms with E-state index in [0.717, 1.165) is 22.9 Å². The summed E-state index contributed by atoms with van der Waals surface area (Å²) in [4.78, 5) is 13.2. The number of nitrogens with one attached hydrogen (secondary N) is 1. The van der Waals surface area contributed by atoms with Crippen LogP contribution in [0.5, 0.6) is 0 Å². The van der Waals surface area contributed by atoms with E-state index in [1.807, 2.05) is 41.7 Å². The van der Waals surface area contributed by atoms with Crippen molar-refractivity contribution in [3.63, 3.8) is 0 Å². The van der Waals surface area contributed by atoms with Crippen molar-refractivity contribution in [1.82, 2.24) is 24.8 Å². The second kappa shape index (κ2) is 10.3. The summed E-state index contributed by atoms with van der Waals surface area (Å²) in [5, 5.41) is 15.4. The Morgan fingerprint density at radius 1 is 1.05 bits per heavy atom. The van der Waals surface area contributed by atoms with E-state index in [1.165, 1.54) is 6.92 Å². The maximum Gasteiger partial charge on any atom is 0.416 e. The minimum absolute atomic E-state index is 0.0423. The maximum atomic E-state index is 13.8. The fourth-order valence-electron chi connectivity index (χ4n) is 4.37. The Labute approximate surface area is 226 Å². The number of hydrogen-bond acceptors (Lipinski definition) is 4. The number of nitrogens with zero attached hydrogens (tertiary/aromatic N) is 5. The summed E-state index contributed by atoms with van der Waals surface area (Å²) in [6.45, 7) is 11.4. The van der Waals surface area contributed by atoms with Crippen LogP contribution >= 0.6 is 0 Å². The predicted octanol–water partition coefficient (Wildman–Crippen LogP) is 6.84.